The standard InChI is InChI=1S/C15H33N5/c1-14-2-9-19(10-3-14)13-8-17-6-7-18-15-4-11-20(16)12-5-15/h14-15,17-18H,2-13,16H2,1H3. The van der Waals surface area contributed by atoms with Crippen LogP contribution in [0.2, 0.25) is 0 Å². The van der Waals surface area contributed by atoms with Gasteiger partial charge in [0.2, 0.25) is 0 Å². The molecule has 118 valence electrons. The van der Waals surface area contributed by atoms with Gasteiger partial charge in [0, 0.05) is 45.3 Å². The average molecular weight is 283 g/mol. The lowest BCUT2D eigenvalue weighted by atomic mass is 9.99. The maximum atomic E-state index is 5.76. The van der Waals surface area contributed by atoms with E-state index in [1.54, 1.807) is 0 Å². The van der Waals surface area contributed by atoms with Crippen molar-refractivity contribution in [3.8, 4) is 0 Å². The summed E-state index contributed by atoms with van der Waals surface area (Å²) in [7, 11) is 0. The molecule has 0 radical (unpaired) electrons. The van der Waals surface area contributed by atoms with Crippen molar-refractivity contribution in [2.24, 2.45) is 11.8 Å². The van der Waals surface area contributed by atoms with Crippen molar-refractivity contribution < 1.29 is 0 Å². The van der Waals surface area contributed by atoms with Gasteiger partial charge in [-0.3, -0.25) is 5.84 Å². The minimum atomic E-state index is 0.667. The first-order valence-electron chi connectivity index (χ1n) is 8.40. The Labute approximate surface area is 124 Å². The number of nitrogens with two attached hydrogens (primary N) is 1. The summed E-state index contributed by atoms with van der Waals surface area (Å²) >= 11 is 0. The highest BCUT2D eigenvalue weighted by Crippen LogP contribution is 2.15. The summed E-state index contributed by atoms with van der Waals surface area (Å²) < 4.78 is 0. The van der Waals surface area contributed by atoms with E-state index in [0.29, 0.717) is 6.04 Å². The van der Waals surface area contributed by atoms with Crippen LogP contribution in [0.3, 0.4) is 0 Å². The van der Waals surface area contributed by atoms with Gasteiger partial charge in [0.05, 0.1) is 0 Å². The Balaban J connectivity index is 1.40. The fourth-order valence-electron chi connectivity index (χ4n) is 3.12. The third-order valence-corrected chi connectivity index (χ3v) is 4.75. The second kappa shape index (κ2) is 8.95. The Morgan fingerprint density at radius 1 is 0.950 bits per heavy atom. The summed E-state index contributed by atoms with van der Waals surface area (Å²) in [5.74, 6) is 6.69. The zero-order valence-corrected chi connectivity index (χ0v) is 13.1. The summed E-state index contributed by atoms with van der Waals surface area (Å²) in [6.45, 7) is 11.5. The highest BCUT2D eigenvalue weighted by Gasteiger charge is 2.16. The normalized spacial score (nSPS) is 24.3. The van der Waals surface area contributed by atoms with E-state index in [2.05, 4.69) is 22.5 Å². The number of nitrogens with one attached hydrogen (secondary N) is 2. The van der Waals surface area contributed by atoms with E-state index in [0.717, 1.165) is 38.6 Å². The molecule has 0 saturated carbocycles. The van der Waals surface area contributed by atoms with Crippen LogP contribution in [0.5, 0.6) is 0 Å². The molecule has 0 aliphatic carbocycles. The molecular formula is C15H33N5. The van der Waals surface area contributed by atoms with Gasteiger partial charge in [0.25, 0.3) is 0 Å². The highest BCUT2D eigenvalue weighted by atomic mass is 15.4. The Kier molecular flexibility index (Phi) is 7.24. The van der Waals surface area contributed by atoms with Gasteiger partial charge in [-0.1, -0.05) is 6.92 Å². The molecule has 0 aromatic rings. The van der Waals surface area contributed by atoms with Crippen molar-refractivity contribution in [3.05, 3.63) is 0 Å². The van der Waals surface area contributed by atoms with Crippen LogP contribution in [-0.4, -0.2) is 68.3 Å². The maximum Gasteiger partial charge on any atom is 0.0143 e. The largest absolute Gasteiger partial charge is 0.314 e. The van der Waals surface area contributed by atoms with Crippen LogP contribution in [0, 0.1) is 5.92 Å². The van der Waals surface area contributed by atoms with Crippen LogP contribution < -0.4 is 16.5 Å². The summed E-state index contributed by atoms with van der Waals surface area (Å²) in [6.07, 6.45) is 5.12. The lowest BCUT2D eigenvalue weighted by Gasteiger charge is -2.30. The minimum Gasteiger partial charge on any atom is -0.314 e. The lowest BCUT2D eigenvalue weighted by molar-refractivity contribution is 0.192. The molecule has 2 heterocycles. The fraction of sp³-hybridized carbons (Fsp3) is 1.00. The lowest BCUT2D eigenvalue weighted by Crippen LogP contribution is -2.47. The van der Waals surface area contributed by atoms with Crippen molar-refractivity contribution in [3.63, 3.8) is 0 Å². The molecule has 0 bridgehead atoms. The average Bonchev–Trinajstić information content (AvgIpc) is 2.46. The molecular weight excluding hydrogens is 250 g/mol. The summed E-state index contributed by atoms with van der Waals surface area (Å²) in [6, 6.07) is 0.667. The first-order valence-corrected chi connectivity index (χ1v) is 8.40. The molecule has 0 aromatic carbocycles. The first-order chi connectivity index (χ1) is 9.74. The Hall–Kier alpha value is -0.200. The molecule has 5 nitrogen and oxygen atoms in total. The Bertz CT molecular complexity index is 219. The van der Waals surface area contributed by atoms with Crippen molar-refractivity contribution in [1.29, 1.82) is 0 Å². The molecule has 2 aliphatic rings. The second-order valence-electron chi connectivity index (χ2n) is 6.54. The molecule has 0 amide bonds. The predicted octanol–water partition coefficient (Wildman–Crippen LogP) is 0.236. The van der Waals surface area contributed by atoms with Gasteiger partial charge in [-0.05, 0) is 44.7 Å². The highest BCUT2D eigenvalue weighted by molar-refractivity contribution is 4.75. The molecule has 2 rings (SSSR count). The van der Waals surface area contributed by atoms with Crippen molar-refractivity contribution in [1.82, 2.24) is 20.5 Å². The molecule has 20 heavy (non-hydrogen) atoms. The minimum absolute atomic E-state index is 0.667. The molecule has 4 N–H and O–H groups in total. The van der Waals surface area contributed by atoms with E-state index in [9.17, 15) is 0 Å². The molecule has 2 fully saturated rings. The van der Waals surface area contributed by atoms with Crippen molar-refractivity contribution >= 4 is 0 Å². The van der Waals surface area contributed by atoms with Crippen LogP contribution in [0.25, 0.3) is 0 Å². The quantitative estimate of drug-likeness (QED) is 0.461. The number of hydrazine groups is 1. The smallest absolute Gasteiger partial charge is 0.0143 e. The Morgan fingerprint density at radius 3 is 2.35 bits per heavy atom. The molecule has 0 aromatic heterocycles. The van der Waals surface area contributed by atoms with E-state index in [1.165, 1.54) is 45.3 Å². The van der Waals surface area contributed by atoms with Crippen LogP contribution in [0.1, 0.15) is 32.6 Å². The molecule has 0 spiro atoms. The van der Waals surface area contributed by atoms with Crippen molar-refractivity contribution in [2.75, 3.05) is 52.4 Å². The predicted molar refractivity (Wildman–Crippen MR) is 84.5 cm³/mol. The van der Waals surface area contributed by atoms with E-state index in [-0.39, 0.29) is 0 Å². The number of rotatable bonds is 7. The first kappa shape index (κ1) is 16.2. The van der Waals surface area contributed by atoms with Gasteiger partial charge >= 0.3 is 0 Å². The summed E-state index contributed by atoms with van der Waals surface area (Å²) in [5.41, 5.74) is 0. The topological polar surface area (TPSA) is 56.6 Å². The van der Waals surface area contributed by atoms with Crippen molar-refractivity contribution in [2.45, 2.75) is 38.6 Å². The van der Waals surface area contributed by atoms with E-state index in [4.69, 9.17) is 5.84 Å². The zero-order valence-electron chi connectivity index (χ0n) is 13.1. The van der Waals surface area contributed by atoms with E-state index in [1.807, 2.05) is 5.01 Å². The second-order valence-corrected chi connectivity index (χ2v) is 6.54. The van der Waals surface area contributed by atoms with E-state index < -0.39 is 0 Å². The molecule has 2 aliphatic heterocycles. The van der Waals surface area contributed by atoms with Crippen LogP contribution in [0.4, 0.5) is 0 Å². The third kappa shape index (κ3) is 6.06. The summed E-state index contributed by atoms with van der Waals surface area (Å²) in [4.78, 5) is 2.59. The Morgan fingerprint density at radius 2 is 1.65 bits per heavy atom. The number of nitrogens with zero attached hydrogens (tertiary/aromatic N) is 2. The number of likely N-dealkylation sites (tertiary alicyclic amines) is 1. The van der Waals surface area contributed by atoms with Crippen LogP contribution in [-0.2, 0) is 0 Å². The number of piperidine rings is 2. The molecule has 5 heteroatoms. The molecule has 2 saturated heterocycles. The van der Waals surface area contributed by atoms with Gasteiger partial charge in [-0.15, -0.1) is 0 Å². The van der Waals surface area contributed by atoms with Gasteiger partial charge in [-0.2, -0.15) is 0 Å². The number of hydrogen-bond acceptors (Lipinski definition) is 5. The molecule has 0 unspecified atom stereocenters. The van der Waals surface area contributed by atoms with Crippen LogP contribution >= 0.6 is 0 Å². The SMILES string of the molecule is CC1CCN(CCNCCNC2CCN(N)CC2)CC1. The fourth-order valence-corrected chi connectivity index (χ4v) is 3.12. The van der Waals surface area contributed by atoms with Gasteiger partial charge in [-0.25, -0.2) is 5.01 Å². The van der Waals surface area contributed by atoms with E-state index >= 15 is 0 Å². The van der Waals surface area contributed by atoms with Gasteiger partial charge < -0.3 is 15.5 Å². The monoisotopic (exact) mass is 283 g/mol. The summed E-state index contributed by atoms with van der Waals surface area (Å²) in [5, 5.41) is 9.11. The van der Waals surface area contributed by atoms with Crippen LogP contribution in [0.15, 0.2) is 0 Å². The van der Waals surface area contributed by atoms with Gasteiger partial charge in [0.1, 0.15) is 0 Å². The maximum absolute atomic E-state index is 5.76. The third-order valence-electron chi connectivity index (χ3n) is 4.75. The zero-order chi connectivity index (χ0) is 14.2. The molecule has 0 atom stereocenters. The van der Waals surface area contributed by atoms with Gasteiger partial charge in [0.15, 0.2) is 0 Å². The number of hydrogen-bond donors (Lipinski definition) is 3.